The largest absolute Gasteiger partial charge is 0.457 e. The van der Waals surface area contributed by atoms with Crippen LogP contribution in [-0.4, -0.2) is 8.42 Å². The second-order valence-electron chi connectivity index (χ2n) is 5.31. The number of hydrogen-bond donors (Lipinski definition) is 1. The van der Waals surface area contributed by atoms with E-state index in [0.29, 0.717) is 17.2 Å². The van der Waals surface area contributed by atoms with Crippen molar-refractivity contribution in [3.05, 3.63) is 84.4 Å². The van der Waals surface area contributed by atoms with Gasteiger partial charge in [0.2, 0.25) is 0 Å². The lowest BCUT2D eigenvalue weighted by Crippen LogP contribution is -2.13. The van der Waals surface area contributed by atoms with Crippen LogP contribution in [0.15, 0.2) is 83.8 Å². The fraction of sp³-hybridized carbons (Fsp3) is 0.0526. The van der Waals surface area contributed by atoms with Crippen molar-refractivity contribution < 1.29 is 13.2 Å². The van der Waals surface area contributed by atoms with E-state index in [0.717, 1.165) is 5.56 Å². The number of hydrogen-bond acceptors (Lipinski definition) is 3. The molecule has 0 aliphatic carbocycles. The van der Waals surface area contributed by atoms with Crippen LogP contribution in [0.1, 0.15) is 5.56 Å². The number of anilines is 1. The van der Waals surface area contributed by atoms with Crippen molar-refractivity contribution in [3.8, 4) is 11.5 Å². The fourth-order valence-electron chi connectivity index (χ4n) is 2.20. The molecule has 0 unspecified atom stereocenters. The van der Waals surface area contributed by atoms with Gasteiger partial charge in [0.05, 0.1) is 10.6 Å². The minimum atomic E-state index is -3.63. The van der Waals surface area contributed by atoms with Crippen molar-refractivity contribution in [1.29, 1.82) is 0 Å². The molecule has 0 bridgehead atoms. The van der Waals surface area contributed by atoms with Crippen molar-refractivity contribution in [2.45, 2.75) is 11.8 Å². The number of sulfonamides is 1. The lowest BCUT2D eigenvalue weighted by Gasteiger charge is -2.11. The summed E-state index contributed by atoms with van der Waals surface area (Å²) in [5.41, 5.74) is 1.44. The molecule has 3 rings (SSSR count). The molecule has 0 saturated heterocycles. The van der Waals surface area contributed by atoms with E-state index in [1.165, 1.54) is 12.1 Å². The zero-order valence-electron chi connectivity index (χ0n) is 13.1. The maximum atomic E-state index is 12.5. The number of aryl methyl sites for hydroxylation is 1. The molecule has 24 heavy (non-hydrogen) atoms. The highest BCUT2D eigenvalue weighted by Crippen LogP contribution is 2.24. The molecule has 0 aliphatic rings. The van der Waals surface area contributed by atoms with Gasteiger partial charge in [-0.2, -0.15) is 0 Å². The molecule has 0 spiro atoms. The van der Waals surface area contributed by atoms with Crippen molar-refractivity contribution in [2.24, 2.45) is 0 Å². The van der Waals surface area contributed by atoms with E-state index in [2.05, 4.69) is 4.72 Å². The van der Waals surface area contributed by atoms with E-state index >= 15 is 0 Å². The second kappa shape index (κ2) is 6.76. The SMILES string of the molecule is Cc1ccccc1NS(=O)(=O)c1ccc(Oc2ccccc2)cc1. The third kappa shape index (κ3) is 3.75. The Balaban J connectivity index is 1.78. The Hall–Kier alpha value is -2.79. The lowest BCUT2D eigenvalue weighted by molar-refractivity contribution is 0.482. The number of nitrogens with one attached hydrogen (secondary N) is 1. The molecule has 0 radical (unpaired) electrons. The minimum Gasteiger partial charge on any atom is -0.457 e. The molecule has 0 fully saturated rings. The van der Waals surface area contributed by atoms with Crippen molar-refractivity contribution in [1.82, 2.24) is 0 Å². The summed E-state index contributed by atoms with van der Waals surface area (Å²) in [6, 6.07) is 22.9. The van der Waals surface area contributed by atoms with Crippen molar-refractivity contribution >= 4 is 15.7 Å². The van der Waals surface area contributed by atoms with Gasteiger partial charge >= 0.3 is 0 Å². The van der Waals surface area contributed by atoms with Gasteiger partial charge in [-0.05, 0) is 55.0 Å². The normalized spacial score (nSPS) is 11.0. The van der Waals surface area contributed by atoms with Gasteiger partial charge in [0.25, 0.3) is 10.0 Å². The first kappa shape index (κ1) is 16.1. The van der Waals surface area contributed by atoms with E-state index in [1.807, 2.05) is 49.4 Å². The number of ether oxygens (including phenoxy) is 1. The molecule has 4 nitrogen and oxygen atoms in total. The topological polar surface area (TPSA) is 55.4 Å². The van der Waals surface area contributed by atoms with Crippen LogP contribution in [0.2, 0.25) is 0 Å². The van der Waals surface area contributed by atoms with E-state index in [4.69, 9.17) is 4.74 Å². The molecule has 0 saturated carbocycles. The molecular weight excluding hydrogens is 322 g/mol. The Kier molecular flexibility index (Phi) is 4.53. The standard InChI is InChI=1S/C19H17NO3S/c1-15-7-5-6-10-19(15)20-24(21,22)18-13-11-17(12-14-18)23-16-8-3-2-4-9-16/h2-14,20H,1H3. The summed E-state index contributed by atoms with van der Waals surface area (Å²) in [7, 11) is -3.63. The zero-order chi connectivity index (χ0) is 17.0. The third-order valence-electron chi connectivity index (χ3n) is 3.50. The average Bonchev–Trinajstić information content (AvgIpc) is 2.58. The monoisotopic (exact) mass is 339 g/mol. The maximum absolute atomic E-state index is 12.5. The predicted molar refractivity (Wildman–Crippen MR) is 94.9 cm³/mol. The summed E-state index contributed by atoms with van der Waals surface area (Å²) in [4.78, 5) is 0.186. The summed E-state index contributed by atoms with van der Waals surface area (Å²) in [5, 5.41) is 0. The van der Waals surface area contributed by atoms with Gasteiger partial charge in [-0.25, -0.2) is 8.42 Å². The Bertz CT molecular complexity index is 920. The molecule has 3 aromatic carbocycles. The van der Waals surface area contributed by atoms with Crippen molar-refractivity contribution in [3.63, 3.8) is 0 Å². The quantitative estimate of drug-likeness (QED) is 0.740. The number of rotatable bonds is 5. The molecular formula is C19H17NO3S. The summed E-state index contributed by atoms with van der Waals surface area (Å²) < 4.78 is 33.2. The van der Waals surface area contributed by atoms with Crippen LogP contribution < -0.4 is 9.46 Å². The highest BCUT2D eigenvalue weighted by atomic mass is 32.2. The molecule has 0 atom stereocenters. The van der Waals surface area contributed by atoms with Crippen LogP contribution in [-0.2, 0) is 10.0 Å². The van der Waals surface area contributed by atoms with Crippen LogP contribution in [0.3, 0.4) is 0 Å². The van der Waals surface area contributed by atoms with Gasteiger partial charge in [0.1, 0.15) is 11.5 Å². The Morgan fingerprint density at radius 2 is 1.33 bits per heavy atom. The average molecular weight is 339 g/mol. The van der Waals surface area contributed by atoms with E-state index in [-0.39, 0.29) is 4.90 Å². The van der Waals surface area contributed by atoms with Gasteiger partial charge in [-0.1, -0.05) is 36.4 Å². The molecule has 5 heteroatoms. The molecule has 1 N–H and O–H groups in total. The Morgan fingerprint density at radius 3 is 2.00 bits per heavy atom. The van der Waals surface area contributed by atoms with Crippen LogP contribution in [0.4, 0.5) is 5.69 Å². The van der Waals surface area contributed by atoms with Gasteiger partial charge < -0.3 is 4.74 Å². The summed E-state index contributed by atoms with van der Waals surface area (Å²) in [6.45, 7) is 1.86. The van der Waals surface area contributed by atoms with Crippen LogP contribution in [0.25, 0.3) is 0 Å². The van der Waals surface area contributed by atoms with E-state index < -0.39 is 10.0 Å². The van der Waals surface area contributed by atoms with Gasteiger partial charge in [-0.15, -0.1) is 0 Å². The highest BCUT2D eigenvalue weighted by molar-refractivity contribution is 7.92. The maximum Gasteiger partial charge on any atom is 0.261 e. The Morgan fingerprint density at radius 1 is 0.750 bits per heavy atom. The molecule has 122 valence electrons. The van der Waals surface area contributed by atoms with Crippen molar-refractivity contribution in [2.75, 3.05) is 4.72 Å². The summed E-state index contributed by atoms with van der Waals surface area (Å²) in [5.74, 6) is 1.28. The number of para-hydroxylation sites is 2. The summed E-state index contributed by atoms with van der Waals surface area (Å²) >= 11 is 0. The van der Waals surface area contributed by atoms with Crippen LogP contribution in [0, 0.1) is 6.92 Å². The second-order valence-corrected chi connectivity index (χ2v) is 6.99. The fourth-order valence-corrected chi connectivity index (χ4v) is 3.33. The van der Waals surface area contributed by atoms with Crippen LogP contribution in [0.5, 0.6) is 11.5 Å². The van der Waals surface area contributed by atoms with Gasteiger partial charge in [0, 0.05) is 0 Å². The smallest absolute Gasteiger partial charge is 0.261 e. The number of benzene rings is 3. The molecule has 0 aliphatic heterocycles. The highest BCUT2D eigenvalue weighted by Gasteiger charge is 2.15. The molecule has 0 amide bonds. The summed E-state index contributed by atoms with van der Waals surface area (Å²) in [6.07, 6.45) is 0. The van der Waals surface area contributed by atoms with Gasteiger partial charge in [0.15, 0.2) is 0 Å². The molecule has 3 aromatic rings. The van der Waals surface area contributed by atoms with Crippen LogP contribution >= 0.6 is 0 Å². The zero-order valence-corrected chi connectivity index (χ0v) is 14.0. The minimum absolute atomic E-state index is 0.186. The molecule has 0 heterocycles. The lowest BCUT2D eigenvalue weighted by atomic mass is 10.2. The first-order valence-electron chi connectivity index (χ1n) is 7.46. The van der Waals surface area contributed by atoms with E-state index in [1.54, 1.807) is 24.3 Å². The molecule has 0 aromatic heterocycles. The predicted octanol–water partition coefficient (Wildman–Crippen LogP) is 4.59. The first-order chi connectivity index (χ1) is 11.5. The van der Waals surface area contributed by atoms with Gasteiger partial charge in [-0.3, -0.25) is 4.72 Å². The Labute approximate surface area is 141 Å². The first-order valence-corrected chi connectivity index (χ1v) is 8.94. The van der Waals surface area contributed by atoms with E-state index in [9.17, 15) is 8.42 Å². The third-order valence-corrected chi connectivity index (χ3v) is 4.88.